The Balaban J connectivity index is 1.65. The summed E-state index contributed by atoms with van der Waals surface area (Å²) in [5, 5.41) is 2.67. The van der Waals surface area contributed by atoms with Crippen LogP contribution < -0.4 is 14.8 Å². The maximum absolute atomic E-state index is 13.6. The summed E-state index contributed by atoms with van der Waals surface area (Å²) in [6, 6.07) is 9.75. The number of methoxy groups -OCH3 is 2. The number of nitrogens with one attached hydrogen (secondary N) is 1. The third-order valence-corrected chi connectivity index (χ3v) is 5.68. The number of carbonyl (C=O) groups is 2. The molecule has 2 aliphatic heterocycles. The SMILES string of the molecule is COc1ccc(C2CCCN2C(=O)C2CC(=O)Nc3cc(F)ccc32)cc1OC. The van der Waals surface area contributed by atoms with Crippen LogP contribution in [0.3, 0.4) is 0 Å². The molecule has 2 aromatic carbocycles. The molecule has 0 spiro atoms. The van der Waals surface area contributed by atoms with E-state index in [0.29, 0.717) is 29.3 Å². The highest BCUT2D eigenvalue weighted by molar-refractivity contribution is 6.01. The molecule has 1 N–H and O–H groups in total. The molecule has 0 bridgehead atoms. The minimum atomic E-state index is -0.611. The lowest BCUT2D eigenvalue weighted by molar-refractivity contribution is -0.135. The molecule has 0 aliphatic carbocycles. The summed E-state index contributed by atoms with van der Waals surface area (Å²) in [5.74, 6) is -0.191. The van der Waals surface area contributed by atoms with Crippen LogP contribution in [0.25, 0.3) is 0 Å². The molecule has 2 unspecified atom stereocenters. The second-order valence-electron chi connectivity index (χ2n) is 7.34. The molecule has 2 heterocycles. The molecule has 2 aromatic rings. The standard InChI is InChI=1S/C22H23FN2O4/c1-28-19-8-5-13(10-20(19)29-2)18-4-3-9-25(18)22(27)16-12-21(26)24-17-11-14(23)6-7-15(16)17/h5-8,10-11,16,18H,3-4,9,12H2,1-2H3,(H,24,26). The van der Waals surface area contributed by atoms with Crippen LogP contribution in [0.5, 0.6) is 11.5 Å². The first kappa shape index (κ1) is 19.2. The van der Waals surface area contributed by atoms with Crippen LogP contribution in [0, 0.1) is 5.82 Å². The number of rotatable bonds is 4. The van der Waals surface area contributed by atoms with Crippen molar-refractivity contribution in [2.24, 2.45) is 0 Å². The van der Waals surface area contributed by atoms with Crippen molar-refractivity contribution in [3.8, 4) is 11.5 Å². The van der Waals surface area contributed by atoms with Crippen molar-refractivity contribution < 1.29 is 23.5 Å². The van der Waals surface area contributed by atoms with E-state index in [2.05, 4.69) is 5.32 Å². The van der Waals surface area contributed by atoms with Gasteiger partial charge in [0.05, 0.1) is 26.2 Å². The molecule has 2 aliphatic rings. The quantitative estimate of drug-likeness (QED) is 0.854. The van der Waals surface area contributed by atoms with E-state index in [9.17, 15) is 14.0 Å². The summed E-state index contributed by atoms with van der Waals surface area (Å²) in [5.41, 5.74) is 2.00. The van der Waals surface area contributed by atoms with Crippen LogP contribution in [-0.4, -0.2) is 37.5 Å². The molecule has 0 saturated carbocycles. The van der Waals surface area contributed by atoms with Gasteiger partial charge in [0.15, 0.2) is 11.5 Å². The smallest absolute Gasteiger partial charge is 0.231 e. The number of hydrogen-bond donors (Lipinski definition) is 1. The Morgan fingerprint density at radius 3 is 2.69 bits per heavy atom. The van der Waals surface area contributed by atoms with E-state index >= 15 is 0 Å². The van der Waals surface area contributed by atoms with Crippen molar-refractivity contribution in [3.05, 3.63) is 53.3 Å². The summed E-state index contributed by atoms with van der Waals surface area (Å²) in [4.78, 5) is 27.4. The Kier molecular flexibility index (Phi) is 5.13. The van der Waals surface area contributed by atoms with Gasteiger partial charge in [-0.25, -0.2) is 4.39 Å². The summed E-state index contributed by atoms with van der Waals surface area (Å²) in [7, 11) is 3.16. The maximum Gasteiger partial charge on any atom is 0.231 e. The fourth-order valence-corrected chi connectivity index (χ4v) is 4.29. The van der Waals surface area contributed by atoms with Crippen LogP contribution in [0.4, 0.5) is 10.1 Å². The summed E-state index contributed by atoms with van der Waals surface area (Å²) < 4.78 is 24.3. The molecule has 0 aromatic heterocycles. The van der Waals surface area contributed by atoms with Gasteiger partial charge in [-0.2, -0.15) is 0 Å². The molecule has 29 heavy (non-hydrogen) atoms. The van der Waals surface area contributed by atoms with E-state index in [4.69, 9.17) is 9.47 Å². The van der Waals surface area contributed by atoms with Gasteiger partial charge in [0.25, 0.3) is 0 Å². The number of ether oxygens (including phenoxy) is 2. The Labute approximate surface area is 168 Å². The average Bonchev–Trinajstić information content (AvgIpc) is 3.21. The topological polar surface area (TPSA) is 67.9 Å². The number of amides is 2. The minimum absolute atomic E-state index is 0.0621. The zero-order valence-corrected chi connectivity index (χ0v) is 16.4. The van der Waals surface area contributed by atoms with Crippen molar-refractivity contribution in [1.29, 1.82) is 0 Å². The predicted molar refractivity (Wildman–Crippen MR) is 106 cm³/mol. The van der Waals surface area contributed by atoms with Gasteiger partial charge in [-0.05, 0) is 48.2 Å². The van der Waals surface area contributed by atoms with E-state index in [-0.39, 0.29) is 24.3 Å². The molecule has 1 fully saturated rings. The highest BCUT2D eigenvalue weighted by atomic mass is 19.1. The second-order valence-corrected chi connectivity index (χ2v) is 7.34. The van der Waals surface area contributed by atoms with Crippen LogP contribution in [0.2, 0.25) is 0 Å². The number of anilines is 1. The molecule has 2 amide bonds. The number of carbonyl (C=O) groups excluding carboxylic acids is 2. The molecule has 7 heteroatoms. The number of fused-ring (bicyclic) bond motifs is 1. The summed E-state index contributed by atoms with van der Waals surface area (Å²) in [6.07, 6.45) is 1.77. The van der Waals surface area contributed by atoms with Gasteiger partial charge >= 0.3 is 0 Å². The van der Waals surface area contributed by atoms with E-state index in [1.165, 1.54) is 12.1 Å². The third kappa shape index (κ3) is 3.52. The van der Waals surface area contributed by atoms with E-state index in [1.807, 2.05) is 23.1 Å². The number of likely N-dealkylation sites (tertiary alicyclic amines) is 1. The third-order valence-electron chi connectivity index (χ3n) is 5.68. The highest BCUT2D eigenvalue weighted by Gasteiger charge is 2.38. The number of nitrogens with zero attached hydrogens (tertiary/aromatic N) is 1. The van der Waals surface area contributed by atoms with Gasteiger partial charge in [0.1, 0.15) is 5.82 Å². The molecule has 0 radical (unpaired) electrons. The first-order valence-electron chi connectivity index (χ1n) is 9.63. The lowest BCUT2D eigenvalue weighted by Crippen LogP contribution is -2.38. The Morgan fingerprint density at radius 1 is 1.14 bits per heavy atom. The summed E-state index contributed by atoms with van der Waals surface area (Å²) in [6.45, 7) is 0.618. The van der Waals surface area contributed by atoms with Crippen molar-refractivity contribution in [2.75, 3.05) is 26.1 Å². The first-order valence-corrected chi connectivity index (χ1v) is 9.63. The lowest BCUT2D eigenvalue weighted by atomic mass is 9.88. The van der Waals surface area contributed by atoms with Gasteiger partial charge in [0.2, 0.25) is 11.8 Å². The van der Waals surface area contributed by atoms with E-state index < -0.39 is 11.7 Å². The molecule has 4 rings (SSSR count). The zero-order valence-electron chi connectivity index (χ0n) is 16.4. The molecule has 152 valence electrons. The fraction of sp³-hybridized carbons (Fsp3) is 0.364. The van der Waals surface area contributed by atoms with E-state index in [0.717, 1.165) is 18.4 Å². The first-order chi connectivity index (χ1) is 14.0. The average molecular weight is 398 g/mol. The molecule has 2 atom stereocenters. The van der Waals surface area contributed by atoms with Gasteiger partial charge in [-0.3, -0.25) is 9.59 Å². The maximum atomic E-state index is 13.6. The largest absolute Gasteiger partial charge is 0.493 e. The molecule has 6 nitrogen and oxygen atoms in total. The molecular weight excluding hydrogens is 375 g/mol. The zero-order chi connectivity index (χ0) is 20.5. The van der Waals surface area contributed by atoms with Gasteiger partial charge in [0, 0.05) is 18.7 Å². The second kappa shape index (κ2) is 7.73. The fourth-order valence-electron chi connectivity index (χ4n) is 4.29. The van der Waals surface area contributed by atoms with Crippen LogP contribution in [0.15, 0.2) is 36.4 Å². The Hall–Kier alpha value is -3.09. The van der Waals surface area contributed by atoms with Crippen LogP contribution >= 0.6 is 0 Å². The minimum Gasteiger partial charge on any atom is -0.493 e. The molecular formula is C22H23FN2O4. The van der Waals surface area contributed by atoms with Gasteiger partial charge in [-0.15, -0.1) is 0 Å². The Bertz CT molecular complexity index is 962. The van der Waals surface area contributed by atoms with Crippen molar-refractivity contribution in [1.82, 2.24) is 4.90 Å². The van der Waals surface area contributed by atoms with Crippen molar-refractivity contribution >= 4 is 17.5 Å². The van der Waals surface area contributed by atoms with Crippen molar-refractivity contribution in [2.45, 2.75) is 31.2 Å². The van der Waals surface area contributed by atoms with Crippen LogP contribution in [-0.2, 0) is 9.59 Å². The monoisotopic (exact) mass is 398 g/mol. The van der Waals surface area contributed by atoms with Crippen LogP contribution in [0.1, 0.15) is 42.3 Å². The number of benzene rings is 2. The molecule has 1 saturated heterocycles. The number of hydrogen-bond acceptors (Lipinski definition) is 4. The van der Waals surface area contributed by atoms with Crippen molar-refractivity contribution in [3.63, 3.8) is 0 Å². The van der Waals surface area contributed by atoms with Gasteiger partial charge < -0.3 is 19.7 Å². The number of halogens is 1. The Morgan fingerprint density at radius 2 is 1.93 bits per heavy atom. The summed E-state index contributed by atoms with van der Waals surface area (Å²) >= 11 is 0. The normalized spacial score (nSPS) is 20.8. The predicted octanol–water partition coefficient (Wildman–Crippen LogP) is 3.63. The van der Waals surface area contributed by atoms with E-state index in [1.54, 1.807) is 20.3 Å². The van der Waals surface area contributed by atoms with Gasteiger partial charge in [-0.1, -0.05) is 12.1 Å². The highest BCUT2D eigenvalue weighted by Crippen LogP contribution is 2.41. The lowest BCUT2D eigenvalue weighted by Gasteiger charge is -2.32.